The van der Waals surface area contributed by atoms with E-state index in [4.69, 9.17) is 0 Å². The Hall–Kier alpha value is 0.0164. The van der Waals surface area contributed by atoms with Gasteiger partial charge in [-0.3, -0.25) is 4.90 Å². The van der Waals surface area contributed by atoms with Crippen molar-refractivity contribution in [3.63, 3.8) is 0 Å². The minimum atomic E-state index is -1.18. The van der Waals surface area contributed by atoms with Crippen molar-refractivity contribution in [2.24, 2.45) is 0 Å². The maximum Gasteiger partial charge on any atom is 1.00 e. The predicted molar refractivity (Wildman–Crippen MR) is 67.5 cm³/mol. The van der Waals surface area contributed by atoms with Crippen molar-refractivity contribution in [3.05, 3.63) is 23.9 Å². The molecule has 0 atom stereocenters. The van der Waals surface area contributed by atoms with E-state index in [1.165, 1.54) is 6.20 Å². The molecule has 2 heterocycles. The van der Waals surface area contributed by atoms with Crippen LogP contribution >= 0.6 is 0 Å². The summed E-state index contributed by atoms with van der Waals surface area (Å²) in [4.78, 5) is 19.4. The first-order valence-electron chi connectivity index (χ1n) is 6.24. The molecule has 1 fully saturated rings. The number of rotatable bonds is 3. The van der Waals surface area contributed by atoms with E-state index in [0.717, 1.165) is 32.0 Å². The van der Waals surface area contributed by atoms with E-state index >= 15 is 0 Å². The minimum Gasteiger partial charge on any atom is -0.545 e. The smallest absolute Gasteiger partial charge is 0.545 e. The average Bonchev–Trinajstić information content (AvgIpc) is 2.39. The summed E-state index contributed by atoms with van der Waals surface area (Å²) in [5.74, 6) is -0.345. The number of anilines is 1. The molecule has 1 saturated heterocycles. The van der Waals surface area contributed by atoms with Crippen LogP contribution in [0.1, 0.15) is 24.2 Å². The summed E-state index contributed by atoms with van der Waals surface area (Å²) in [6.45, 7) is 8.28. The largest absolute Gasteiger partial charge is 1.00 e. The fraction of sp³-hybridized carbons (Fsp3) is 0.538. The van der Waals surface area contributed by atoms with Gasteiger partial charge in [0.2, 0.25) is 0 Å². The molecular formula is C13H18KN3O2. The van der Waals surface area contributed by atoms with Crippen molar-refractivity contribution < 1.29 is 61.3 Å². The average molecular weight is 287 g/mol. The summed E-state index contributed by atoms with van der Waals surface area (Å²) in [5, 5.41) is 10.6. The van der Waals surface area contributed by atoms with Gasteiger partial charge in [0.1, 0.15) is 5.82 Å². The first-order chi connectivity index (χ1) is 8.58. The Kier molecular flexibility index (Phi) is 6.92. The summed E-state index contributed by atoms with van der Waals surface area (Å²) in [5.41, 5.74) is 0.125. The molecular weight excluding hydrogens is 269 g/mol. The second kappa shape index (κ2) is 7.71. The molecule has 0 aliphatic carbocycles. The second-order valence-electron chi connectivity index (χ2n) is 4.81. The van der Waals surface area contributed by atoms with Crippen molar-refractivity contribution in [2.45, 2.75) is 19.9 Å². The maximum atomic E-state index is 10.6. The summed E-state index contributed by atoms with van der Waals surface area (Å²) in [6.07, 6.45) is 1.36. The van der Waals surface area contributed by atoms with Gasteiger partial charge in [0.15, 0.2) is 0 Å². The van der Waals surface area contributed by atoms with E-state index in [1.54, 1.807) is 12.1 Å². The number of hydrogen-bond donors (Lipinski definition) is 0. The molecule has 1 aliphatic heterocycles. The van der Waals surface area contributed by atoms with E-state index < -0.39 is 5.97 Å². The number of aromatic nitrogens is 1. The molecule has 1 aliphatic rings. The Morgan fingerprint density at radius 1 is 1.26 bits per heavy atom. The van der Waals surface area contributed by atoms with Gasteiger partial charge in [-0.25, -0.2) is 4.98 Å². The van der Waals surface area contributed by atoms with Gasteiger partial charge in [-0.05, 0) is 26.0 Å². The molecule has 0 spiro atoms. The number of carboxylic acid groups (broad SMARTS) is 1. The van der Waals surface area contributed by atoms with E-state index in [2.05, 4.69) is 28.6 Å². The number of carbonyl (C=O) groups is 1. The molecule has 0 saturated carbocycles. The van der Waals surface area contributed by atoms with Gasteiger partial charge in [-0.2, -0.15) is 0 Å². The Balaban J connectivity index is 0.00000180. The minimum absolute atomic E-state index is 0. The molecule has 6 heteroatoms. The first-order valence-corrected chi connectivity index (χ1v) is 6.24. The number of nitrogens with zero attached hydrogens (tertiary/aromatic N) is 3. The summed E-state index contributed by atoms with van der Waals surface area (Å²) in [7, 11) is 0. The van der Waals surface area contributed by atoms with E-state index in [9.17, 15) is 9.90 Å². The number of pyridine rings is 1. The molecule has 0 radical (unpaired) electrons. The Bertz CT molecular complexity index is 414. The van der Waals surface area contributed by atoms with Crippen LogP contribution in [-0.4, -0.2) is 48.1 Å². The van der Waals surface area contributed by atoms with Gasteiger partial charge in [0.25, 0.3) is 0 Å². The zero-order valence-corrected chi connectivity index (χ0v) is 14.9. The van der Waals surface area contributed by atoms with Crippen molar-refractivity contribution in [3.8, 4) is 0 Å². The third-order valence-electron chi connectivity index (χ3n) is 3.35. The number of hydrogen-bond acceptors (Lipinski definition) is 5. The number of aromatic carboxylic acids is 1. The summed E-state index contributed by atoms with van der Waals surface area (Å²) >= 11 is 0. The zero-order chi connectivity index (χ0) is 13.1. The third kappa shape index (κ3) is 4.51. The van der Waals surface area contributed by atoms with Crippen LogP contribution in [-0.2, 0) is 0 Å². The third-order valence-corrected chi connectivity index (χ3v) is 3.35. The molecule has 0 bridgehead atoms. The van der Waals surface area contributed by atoms with Crippen LogP contribution in [0.3, 0.4) is 0 Å². The molecule has 0 aromatic carbocycles. The van der Waals surface area contributed by atoms with Crippen molar-refractivity contribution >= 4 is 11.8 Å². The fourth-order valence-corrected chi connectivity index (χ4v) is 2.16. The van der Waals surface area contributed by atoms with E-state index in [1.807, 2.05) is 0 Å². The Labute approximate surface area is 156 Å². The van der Waals surface area contributed by atoms with E-state index in [-0.39, 0.29) is 56.9 Å². The Morgan fingerprint density at radius 2 is 1.89 bits per heavy atom. The van der Waals surface area contributed by atoms with Crippen molar-refractivity contribution in [2.75, 3.05) is 31.1 Å². The van der Waals surface area contributed by atoms with Gasteiger partial charge in [0.05, 0.1) is 5.97 Å². The number of carboxylic acids is 1. The molecule has 0 N–H and O–H groups in total. The van der Waals surface area contributed by atoms with Crippen LogP contribution in [0.5, 0.6) is 0 Å². The van der Waals surface area contributed by atoms with Crippen molar-refractivity contribution in [1.29, 1.82) is 0 Å². The molecule has 0 amide bonds. The molecule has 0 unspecified atom stereocenters. The van der Waals surface area contributed by atoms with Crippen LogP contribution in [0.2, 0.25) is 0 Å². The number of carbonyl (C=O) groups excluding carboxylic acids is 1. The SMILES string of the molecule is CC(C)N1CCN(c2ccc(C(=O)[O-])cn2)CC1.[K+]. The second-order valence-corrected chi connectivity index (χ2v) is 4.81. The van der Waals surface area contributed by atoms with Gasteiger partial charge in [-0.1, -0.05) is 0 Å². The predicted octanol–water partition coefficient (Wildman–Crippen LogP) is -3.02. The van der Waals surface area contributed by atoms with Gasteiger partial charge in [-0.15, -0.1) is 0 Å². The summed E-state index contributed by atoms with van der Waals surface area (Å²) < 4.78 is 0. The van der Waals surface area contributed by atoms with Crippen LogP contribution < -0.4 is 61.4 Å². The van der Waals surface area contributed by atoms with Gasteiger partial charge < -0.3 is 14.8 Å². The van der Waals surface area contributed by atoms with Crippen LogP contribution in [0.4, 0.5) is 5.82 Å². The van der Waals surface area contributed by atoms with Crippen LogP contribution in [0.25, 0.3) is 0 Å². The number of piperazine rings is 1. The van der Waals surface area contributed by atoms with Crippen molar-refractivity contribution in [1.82, 2.24) is 9.88 Å². The topological polar surface area (TPSA) is 59.5 Å². The summed E-state index contributed by atoms with van der Waals surface area (Å²) in [6, 6.07) is 3.86. The van der Waals surface area contributed by atoms with Gasteiger partial charge >= 0.3 is 51.4 Å². The molecule has 5 nitrogen and oxygen atoms in total. The molecule has 1 aromatic heterocycles. The monoisotopic (exact) mass is 287 g/mol. The quantitative estimate of drug-likeness (QED) is 0.554. The first kappa shape index (κ1) is 17.1. The molecule has 2 rings (SSSR count). The molecule has 1 aromatic rings. The maximum absolute atomic E-state index is 10.6. The van der Waals surface area contributed by atoms with E-state index in [0.29, 0.717) is 6.04 Å². The van der Waals surface area contributed by atoms with Crippen LogP contribution in [0, 0.1) is 0 Å². The zero-order valence-electron chi connectivity index (χ0n) is 11.8. The Morgan fingerprint density at radius 3 is 2.32 bits per heavy atom. The molecule has 19 heavy (non-hydrogen) atoms. The van der Waals surface area contributed by atoms with Gasteiger partial charge in [0, 0.05) is 44.0 Å². The molecule has 98 valence electrons. The standard InChI is InChI=1S/C13H19N3O2.K/c1-10(2)15-5-7-16(8-6-15)12-4-3-11(9-14-12)13(17)18;/h3-4,9-10H,5-8H2,1-2H3,(H,17,18);/q;+1/p-1. The van der Waals surface area contributed by atoms with Crippen LogP contribution in [0.15, 0.2) is 18.3 Å². The fourth-order valence-electron chi connectivity index (χ4n) is 2.16. The normalized spacial score (nSPS) is 16.3.